The summed E-state index contributed by atoms with van der Waals surface area (Å²) in [6, 6.07) is -0.614. The molecule has 0 radical (unpaired) electrons. The van der Waals surface area contributed by atoms with Gasteiger partial charge in [0.05, 0.1) is 34.4 Å². The third-order valence-corrected chi connectivity index (χ3v) is 9.13. The minimum Gasteiger partial charge on any atom is -0.477 e. The van der Waals surface area contributed by atoms with E-state index >= 15 is 0 Å². The third kappa shape index (κ3) is 31.8. The van der Waals surface area contributed by atoms with E-state index in [0.717, 1.165) is 51.4 Å². The van der Waals surface area contributed by atoms with Gasteiger partial charge in [-0.15, -0.1) is 0 Å². The maximum absolute atomic E-state index is 12.6. The Morgan fingerprint density at radius 1 is 0.600 bits per heavy atom. The number of carboxylic acids is 1. The molecule has 1 N–H and O–H groups in total. The van der Waals surface area contributed by atoms with Gasteiger partial charge in [-0.05, 0) is 38.5 Å². The molecule has 0 amide bonds. The molecule has 0 aromatic carbocycles. The SMILES string of the molecule is CCCCCCCCC/C=C/C=C/CCCCCC(=O)OCC(COCCC(C(=O)O)[N+](C)(C)C)OC(=O)CCCCCCCCCCCC. The van der Waals surface area contributed by atoms with Crippen LogP contribution >= 0.6 is 0 Å². The molecular formula is C42H78NO7+. The molecule has 0 aliphatic heterocycles. The Labute approximate surface area is 307 Å². The zero-order valence-electron chi connectivity index (χ0n) is 33.1. The second kappa shape index (κ2) is 33.9. The zero-order chi connectivity index (χ0) is 37.1. The van der Waals surface area contributed by atoms with E-state index in [1.807, 2.05) is 21.1 Å². The molecule has 0 heterocycles. The fourth-order valence-corrected chi connectivity index (χ4v) is 5.90. The number of ether oxygens (including phenoxy) is 3. The molecule has 0 aliphatic rings. The number of aliphatic carboxylic acids is 1. The van der Waals surface area contributed by atoms with Crippen molar-refractivity contribution in [2.45, 2.75) is 187 Å². The van der Waals surface area contributed by atoms with Crippen LogP contribution in [0.25, 0.3) is 0 Å². The van der Waals surface area contributed by atoms with Crippen LogP contribution < -0.4 is 0 Å². The van der Waals surface area contributed by atoms with E-state index in [0.29, 0.717) is 19.3 Å². The minimum absolute atomic E-state index is 0.0559. The fraction of sp³-hybridized carbons (Fsp3) is 0.833. The molecular weight excluding hydrogens is 630 g/mol. The van der Waals surface area contributed by atoms with Gasteiger partial charge < -0.3 is 23.8 Å². The summed E-state index contributed by atoms with van der Waals surface area (Å²) in [5.41, 5.74) is 0. The van der Waals surface area contributed by atoms with E-state index in [4.69, 9.17) is 14.2 Å². The summed E-state index contributed by atoms with van der Waals surface area (Å²) in [6.07, 6.45) is 35.0. The lowest BCUT2D eigenvalue weighted by Gasteiger charge is -2.31. The van der Waals surface area contributed by atoms with Crippen LogP contribution in [0.3, 0.4) is 0 Å². The number of hydrogen-bond acceptors (Lipinski definition) is 6. The van der Waals surface area contributed by atoms with Crippen LogP contribution in [0.1, 0.15) is 174 Å². The largest absolute Gasteiger partial charge is 0.477 e. The van der Waals surface area contributed by atoms with Gasteiger partial charge in [0.2, 0.25) is 0 Å². The summed E-state index contributed by atoms with van der Waals surface area (Å²) in [6.45, 7) is 4.69. The number of carboxylic acid groups (broad SMARTS) is 1. The summed E-state index contributed by atoms with van der Waals surface area (Å²) in [5.74, 6) is -1.50. The lowest BCUT2D eigenvalue weighted by molar-refractivity contribution is -0.887. The molecule has 2 unspecified atom stereocenters. The highest BCUT2D eigenvalue weighted by molar-refractivity contribution is 5.72. The van der Waals surface area contributed by atoms with E-state index in [9.17, 15) is 19.5 Å². The molecule has 0 spiro atoms. The van der Waals surface area contributed by atoms with Gasteiger partial charge in [0, 0.05) is 19.3 Å². The van der Waals surface area contributed by atoms with Crippen LogP contribution in [-0.2, 0) is 28.6 Å². The monoisotopic (exact) mass is 709 g/mol. The highest BCUT2D eigenvalue weighted by atomic mass is 16.6. The first-order valence-corrected chi connectivity index (χ1v) is 20.4. The Bertz CT molecular complexity index is 880. The number of likely N-dealkylation sites (N-methyl/N-ethyl adjacent to an activating group) is 1. The number of nitrogens with zero attached hydrogens (tertiary/aromatic N) is 1. The number of unbranched alkanes of at least 4 members (excludes halogenated alkanes) is 19. The van der Waals surface area contributed by atoms with Crippen LogP contribution in [0.2, 0.25) is 0 Å². The van der Waals surface area contributed by atoms with Gasteiger partial charge in [-0.1, -0.05) is 141 Å². The first-order valence-electron chi connectivity index (χ1n) is 20.4. The molecule has 0 aromatic rings. The van der Waals surface area contributed by atoms with Gasteiger partial charge in [0.15, 0.2) is 12.1 Å². The van der Waals surface area contributed by atoms with Gasteiger partial charge in [-0.25, -0.2) is 4.79 Å². The maximum Gasteiger partial charge on any atom is 0.362 e. The third-order valence-electron chi connectivity index (χ3n) is 9.13. The molecule has 0 bridgehead atoms. The highest BCUT2D eigenvalue weighted by Gasteiger charge is 2.31. The Balaban J connectivity index is 4.40. The zero-order valence-corrected chi connectivity index (χ0v) is 33.1. The summed E-state index contributed by atoms with van der Waals surface area (Å²) in [4.78, 5) is 36.8. The predicted molar refractivity (Wildman–Crippen MR) is 206 cm³/mol. The van der Waals surface area contributed by atoms with Crippen LogP contribution in [-0.4, -0.2) is 80.6 Å². The molecule has 0 rings (SSSR count). The average Bonchev–Trinajstić information content (AvgIpc) is 3.06. The first kappa shape index (κ1) is 47.8. The quantitative estimate of drug-likeness (QED) is 0.0299. The molecule has 2 atom stereocenters. The van der Waals surface area contributed by atoms with Crippen molar-refractivity contribution in [3.8, 4) is 0 Å². The number of carbonyl (C=O) groups is 3. The molecule has 0 aromatic heterocycles. The van der Waals surface area contributed by atoms with Crippen molar-refractivity contribution < 1.29 is 38.2 Å². The van der Waals surface area contributed by atoms with Crippen LogP contribution in [0, 0.1) is 0 Å². The first-order chi connectivity index (χ1) is 24.1. The Morgan fingerprint density at radius 3 is 1.52 bits per heavy atom. The summed E-state index contributed by atoms with van der Waals surface area (Å²) in [7, 11) is 5.51. The molecule has 0 fully saturated rings. The van der Waals surface area contributed by atoms with E-state index in [1.165, 1.54) is 89.9 Å². The number of hydrogen-bond donors (Lipinski definition) is 1. The summed E-state index contributed by atoms with van der Waals surface area (Å²) < 4.78 is 17.2. The molecule has 0 aliphatic carbocycles. The fourth-order valence-electron chi connectivity index (χ4n) is 5.90. The van der Waals surface area contributed by atoms with Crippen molar-refractivity contribution >= 4 is 17.9 Å². The molecule has 8 nitrogen and oxygen atoms in total. The second-order valence-electron chi connectivity index (χ2n) is 14.9. The number of allylic oxidation sites excluding steroid dienone is 4. The standard InChI is InChI=1S/C42H77NO7/c1-6-8-10-12-14-16-18-19-20-21-22-23-25-26-28-30-32-40(44)49-37-38(36-48-35-34-39(42(46)47)43(3,4)5)50-41(45)33-31-29-27-24-17-15-13-11-9-7-2/h20-23,38-39H,6-19,24-37H2,1-5H3/p+1/b21-20+,23-22+. The number of esters is 2. The number of carbonyl (C=O) groups excluding carboxylic acids is 2. The summed E-state index contributed by atoms with van der Waals surface area (Å²) >= 11 is 0. The topological polar surface area (TPSA) is 99.1 Å². The molecule has 50 heavy (non-hydrogen) atoms. The van der Waals surface area contributed by atoms with Crippen molar-refractivity contribution in [3.63, 3.8) is 0 Å². The maximum atomic E-state index is 12.6. The molecule has 292 valence electrons. The van der Waals surface area contributed by atoms with Gasteiger partial charge in [0.25, 0.3) is 0 Å². The molecule has 0 saturated carbocycles. The Morgan fingerprint density at radius 2 is 1.04 bits per heavy atom. The Kier molecular flexibility index (Phi) is 32.4. The van der Waals surface area contributed by atoms with Crippen molar-refractivity contribution in [1.82, 2.24) is 0 Å². The predicted octanol–water partition coefficient (Wildman–Crippen LogP) is 10.5. The van der Waals surface area contributed by atoms with Gasteiger partial charge in [-0.3, -0.25) is 9.59 Å². The molecule has 0 saturated heterocycles. The van der Waals surface area contributed by atoms with E-state index in [1.54, 1.807) is 0 Å². The summed E-state index contributed by atoms with van der Waals surface area (Å²) in [5, 5.41) is 9.58. The molecule has 8 heteroatoms. The smallest absolute Gasteiger partial charge is 0.362 e. The van der Waals surface area contributed by atoms with E-state index < -0.39 is 18.1 Å². The minimum atomic E-state index is -0.878. The van der Waals surface area contributed by atoms with Crippen LogP contribution in [0.4, 0.5) is 0 Å². The van der Waals surface area contributed by atoms with Crippen molar-refractivity contribution in [3.05, 3.63) is 24.3 Å². The number of quaternary nitrogens is 1. The highest BCUT2D eigenvalue weighted by Crippen LogP contribution is 2.14. The average molecular weight is 709 g/mol. The van der Waals surface area contributed by atoms with Gasteiger partial charge >= 0.3 is 17.9 Å². The Hall–Kier alpha value is -2.19. The second-order valence-corrected chi connectivity index (χ2v) is 14.9. The van der Waals surface area contributed by atoms with Crippen molar-refractivity contribution in [2.75, 3.05) is 41.0 Å². The van der Waals surface area contributed by atoms with Crippen molar-refractivity contribution in [1.29, 1.82) is 0 Å². The van der Waals surface area contributed by atoms with Crippen LogP contribution in [0.5, 0.6) is 0 Å². The number of rotatable bonds is 36. The van der Waals surface area contributed by atoms with Crippen LogP contribution in [0.15, 0.2) is 24.3 Å². The lowest BCUT2D eigenvalue weighted by Crippen LogP contribution is -2.50. The van der Waals surface area contributed by atoms with Gasteiger partial charge in [0.1, 0.15) is 6.61 Å². The normalized spacial score (nSPS) is 13.2. The van der Waals surface area contributed by atoms with E-state index in [2.05, 4.69) is 38.2 Å². The lowest BCUT2D eigenvalue weighted by atomic mass is 10.1. The van der Waals surface area contributed by atoms with E-state index in [-0.39, 0.29) is 36.2 Å². The van der Waals surface area contributed by atoms with Gasteiger partial charge in [-0.2, -0.15) is 0 Å². The van der Waals surface area contributed by atoms with Crippen molar-refractivity contribution in [2.24, 2.45) is 0 Å².